The molecule has 0 amide bonds. The molecule has 0 radical (unpaired) electrons. The zero-order chi connectivity index (χ0) is 22.1. The third-order valence-corrected chi connectivity index (χ3v) is 4.31. The van der Waals surface area contributed by atoms with Gasteiger partial charge in [0.25, 0.3) is 0 Å². The number of para-hydroxylation sites is 1. The predicted molar refractivity (Wildman–Crippen MR) is 116 cm³/mol. The summed E-state index contributed by atoms with van der Waals surface area (Å²) in [7, 11) is 0. The maximum absolute atomic E-state index is 12.2. The summed E-state index contributed by atoms with van der Waals surface area (Å²) in [6, 6.07) is 21.2. The smallest absolute Gasteiger partial charge is 0.349 e. The molecule has 0 bridgehead atoms. The normalized spacial score (nSPS) is 10.3. The lowest BCUT2D eigenvalue weighted by atomic mass is 10.1. The van der Waals surface area contributed by atoms with Crippen LogP contribution in [-0.4, -0.2) is 31.8 Å². The lowest BCUT2D eigenvalue weighted by Crippen LogP contribution is -2.18. The van der Waals surface area contributed by atoms with E-state index < -0.39 is 11.9 Å². The van der Waals surface area contributed by atoms with Gasteiger partial charge < -0.3 is 18.9 Å². The van der Waals surface area contributed by atoms with Crippen molar-refractivity contribution in [3.05, 3.63) is 89.5 Å². The van der Waals surface area contributed by atoms with Gasteiger partial charge in [-0.3, -0.25) is 0 Å². The van der Waals surface area contributed by atoms with Crippen LogP contribution in [0.3, 0.4) is 0 Å². The van der Waals surface area contributed by atoms with Gasteiger partial charge in [0.15, 0.2) is 6.61 Å². The molecule has 0 saturated heterocycles. The van der Waals surface area contributed by atoms with E-state index in [0.717, 1.165) is 11.1 Å². The van der Waals surface area contributed by atoms with Crippen molar-refractivity contribution < 1.29 is 28.5 Å². The number of hydrogen-bond acceptors (Lipinski definition) is 6. The Bertz CT molecular complexity index is 1030. The van der Waals surface area contributed by atoms with Crippen molar-refractivity contribution in [3.8, 4) is 17.2 Å². The molecule has 0 aliphatic heterocycles. The van der Waals surface area contributed by atoms with E-state index in [1.807, 2.05) is 62.4 Å². The molecule has 0 aromatic heterocycles. The van der Waals surface area contributed by atoms with Crippen LogP contribution in [0.2, 0.25) is 0 Å². The van der Waals surface area contributed by atoms with E-state index in [9.17, 15) is 9.59 Å². The molecule has 3 rings (SSSR count). The van der Waals surface area contributed by atoms with Gasteiger partial charge in [-0.1, -0.05) is 42.0 Å². The first-order valence-corrected chi connectivity index (χ1v) is 9.87. The minimum atomic E-state index is -0.568. The summed E-state index contributed by atoms with van der Waals surface area (Å²) in [5, 5.41) is 0. The summed E-state index contributed by atoms with van der Waals surface area (Å²) < 4.78 is 21.5. The van der Waals surface area contributed by atoms with Crippen LogP contribution in [0.15, 0.2) is 72.8 Å². The summed E-state index contributed by atoms with van der Waals surface area (Å²) in [4.78, 5) is 24.3. The fourth-order valence-corrected chi connectivity index (χ4v) is 2.84. The van der Waals surface area contributed by atoms with Crippen molar-refractivity contribution in [2.24, 2.45) is 0 Å². The molecule has 3 aromatic carbocycles. The van der Waals surface area contributed by atoms with E-state index in [1.54, 1.807) is 18.2 Å². The minimum Gasteiger partial charge on any atom is -0.490 e. The molecule has 3 aromatic rings. The highest BCUT2D eigenvalue weighted by molar-refractivity contribution is 5.90. The highest BCUT2D eigenvalue weighted by Crippen LogP contribution is 2.19. The Morgan fingerprint density at radius 3 is 2.32 bits per heavy atom. The Morgan fingerprint density at radius 2 is 1.55 bits per heavy atom. The second kappa shape index (κ2) is 10.8. The maximum atomic E-state index is 12.2. The Hall–Kier alpha value is -3.80. The Balaban J connectivity index is 1.46. The van der Waals surface area contributed by atoms with E-state index in [1.165, 1.54) is 6.07 Å². The Labute approximate surface area is 181 Å². The van der Waals surface area contributed by atoms with Crippen LogP contribution in [0.1, 0.15) is 21.5 Å². The third-order valence-electron chi connectivity index (χ3n) is 4.31. The van der Waals surface area contributed by atoms with Gasteiger partial charge in [0, 0.05) is 0 Å². The molecule has 6 heteroatoms. The molecule has 160 valence electrons. The van der Waals surface area contributed by atoms with Crippen LogP contribution < -0.4 is 14.2 Å². The number of esters is 2. The average molecular weight is 420 g/mol. The van der Waals surface area contributed by atoms with Crippen LogP contribution in [0.25, 0.3) is 0 Å². The van der Waals surface area contributed by atoms with Crippen LogP contribution in [-0.2, 0) is 9.53 Å². The predicted octanol–water partition coefficient (Wildman–Crippen LogP) is 4.52. The molecule has 0 heterocycles. The van der Waals surface area contributed by atoms with Crippen molar-refractivity contribution in [3.63, 3.8) is 0 Å². The van der Waals surface area contributed by atoms with Crippen molar-refractivity contribution in [2.75, 3.05) is 19.8 Å². The Morgan fingerprint density at radius 1 is 0.774 bits per heavy atom. The van der Waals surface area contributed by atoms with Gasteiger partial charge in [0.05, 0.1) is 5.56 Å². The quantitative estimate of drug-likeness (QED) is 0.288. The molecule has 0 aliphatic rings. The van der Waals surface area contributed by atoms with Gasteiger partial charge in [-0.2, -0.15) is 0 Å². The number of carbonyl (C=O) groups is 2. The van der Waals surface area contributed by atoms with E-state index in [0.29, 0.717) is 11.5 Å². The maximum Gasteiger partial charge on any atom is 0.349 e. The molecule has 6 nitrogen and oxygen atoms in total. The molecule has 0 unspecified atom stereocenters. The van der Waals surface area contributed by atoms with Gasteiger partial charge in [-0.15, -0.1) is 0 Å². The van der Waals surface area contributed by atoms with E-state index in [2.05, 4.69) is 0 Å². The molecule has 0 atom stereocenters. The molecular weight excluding hydrogens is 396 g/mol. The highest BCUT2D eigenvalue weighted by Gasteiger charge is 2.12. The van der Waals surface area contributed by atoms with Gasteiger partial charge >= 0.3 is 11.9 Å². The molecule has 31 heavy (non-hydrogen) atoms. The lowest BCUT2D eigenvalue weighted by Gasteiger charge is -2.10. The fraction of sp³-hybridized carbons (Fsp3) is 0.200. The zero-order valence-corrected chi connectivity index (χ0v) is 17.5. The van der Waals surface area contributed by atoms with E-state index in [4.69, 9.17) is 18.9 Å². The molecule has 0 fully saturated rings. The third kappa shape index (κ3) is 6.89. The standard InChI is InChI=1S/C25H24O6/c1-18-11-12-23(19(2)15-18)30-17-24(26)31-22-10-6-7-20(16-22)25(27)29-14-13-28-21-8-4-3-5-9-21/h3-12,15-16H,13-14,17H2,1-2H3. The van der Waals surface area contributed by atoms with Crippen molar-refractivity contribution in [2.45, 2.75) is 13.8 Å². The Kier molecular flexibility index (Phi) is 7.65. The van der Waals surface area contributed by atoms with Crippen molar-refractivity contribution in [1.82, 2.24) is 0 Å². The molecular formula is C25H24O6. The monoisotopic (exact) mass is 420 g/mol. The average Bonchev–Trinajstić information content (AvgIpc) is 2.77. The number of aryl methyl sites for hydroxylation is 2. The van der Waals surface area contributed by atoms with Gasteiger partial charge in [0.2, 0.25) is 0 Å². The summed E-state index contributed by atoms with van der Waals surface area (Å²) >= 11 is 0. The first kappa shape index (κ1) is 21.9. The van der Waals surface area contributed by atoms with Crippen molar-refractivity contribution in [1.29, 1.82) is 0 Å². The largest absolute Gasteiger partial charge is 0.490 e. The van der Waals surface area contributed by atoms with Gasteiger partial charge in [0.1, 0.15) is 30.5 Å². The minimum absolute atomic E-state index is 0.0987. The summed E-state index contributed by atoms with van der Waals surface area (Å²) in [5.74, 6) is 0.472. The fourth-order valence-electron chi connectivity index (χ4n) is 2.84. The molecule has 0 spiro atoms. The number of carbonyl (C=O) groups excluding carboxylic acids is 2. The van der Waals surface area contributed by atoms with Crippen LogP contribution in [0, 0.1) is 13.8 Å². The van der Waals surface area contributed by atoms with E-state index >= 15 is 0 Å². The number of hydrogen-bond donors (Lipinski definition) is 0. The number of rotatable bonds is 9. The van der Waals surface area contributed by atoms with Crippen LogP contribution in [0.5, 0.6) is 17.2 Å². The molecule has 0 aliphatic carbocycles. The van der Waals surface area contributed by atoms with Gasteiger partial charge in [-0.05, 0) is 55.8 Å². The first-order valence-electron chi connectivity index (χ1n) is 9.87. The summed E-state index contributed by atoms with van der Waals surface area (Å²) in [5.41, 5.74) is 2.33. The topological polar surface area (TPSA) is 71.1 Å². The number of ether oxygens (including phenoxy) is 4. The van der Waals surface area contributed by atoms with Gasteiger partial charge in [-0.25, -0.2) is 9.59 Å². The van der Waals surface area contributed by atoms with Crippen LogP contribution in [0.4, 0.5) is 0 Å². The zero-order valence-electron chi connectivity index (χ0n) is 17.5. The molecule has 0 N–H and O–H groups in total. The van der Waals surface area contributed by atoms with Crippen molar-refractivity contribution >= 4 is 11.9 Å². The highest BCUT2D eigenvalue weighted by atomic mass is 16.6. The second-order valence-electron chi connectivity index (χ2n) is 6.86. The van der Waals surface area contributed by atoms with E-state index in [-0.39, 0.29) is 31.1 Å². The summed E-state index contributed by atoms with van der Waals surface area (Å²) in [6.45, 7) is 3.99. The number of benzene rings is 3. The SMILES string of the molecule is Cc1ccc(OCC(=O)Oc2cccc(C(=O)OCCOc3ccccc3)c2)c(C)c1. The lowest BCUT2D eigenvalue weighted by molar-refractivity contribution is -0.136. The summed E-state index contributed by atoms with van der Waals surface area (Å²) in [6.07, 6.45) is 0. The second-order valence-corrected chi connectivity index (χ2v) is 6.86. The van der Waals surface area contributed by atoms with Crippen LogP contribution >= 0.6 is 0 Å². The molecule has 0 saturated carbocycles. The first-order chi connectivity index (χ1) is 15.0.